The molecule has 1 atom stereocenters. The van der Waals surface area contributed by atoms with Crippen molar-refractivity contribution in [3.05, 3.63) is 71.8 Å². The van der Waals surface area contributed by atoms with E-state index in [1.165, 1.54) is 9.87 Å². The van der Waals surface area contributed by atoms with Crippen molar-refractivity contribution in [3.8, 4) is 0 Å². The molecule has 168 valence electrons. The van der Waals surface area contributed by atoms with E-state index in [1.807, 2.05) is 48.5 Å². The first kappa shape index (κ1) is 23.8. The molecule has 1 unspecified atom stereocenters. The van der Waals surface area contributed by atoms with Gasteiger partial charge in [-0.15, -0.1) is 0 Å². The van der Waals surface area contributed by atoms with E-state index in [9.17, 15) is 13.2 Å². The molecule has 1 saturated heterocycles. The van der Waals surface area contributed by atoms with Gasteiger partial charge in [0.05, 0.1) is 11.7 Å². The van der Waals surface area contributed by atoms with Gasteiger partial charge in [0, 0.05) is 31.1 Å². The molecule has 1 aliphatic heterocycles. The molecule has 1 heterocycles. The van der Waals surface area contributed by atoms with Gasteiger partial charge in [-0.3, -0.25) is 4.79 Å². The first-order valence-electron chi connectivity index (χ1n) is 11.0. The van der Waals surface area contributed by atoms with Crippen LogP contribution in [-0.4, -0.2) is 49.8 Å². The lowest BCUT2D eigenvalue weighted by Gasteiger charge is -2.31. The highest BCUT2D eigenvalue weighted by Gasteiger charge is 2.31. The maximum absolute atomic E-state index is 12.8. The molecule has 0 aliphatic carbocycles. The van der Waals surface area contributed by atoms with Gasteiger partial charge in [0.25, 0.3) is 0 Å². The fraction of sp³-hybridized carbons (Fsp3) is 0.458. The van der Waals surface area contributed by atoms with E-state index in [0.717, 1.165) is 36.3 Å². The number of amides is 1. The Labute approximate surface area is 190 Å². The largest absolute Gasteiger partial charge is 0.355 e. The normalized spacial score (nSPS) is 17.4. The molecule has 1 N–H and O–H groups in total. The molecule has 0 bridgehead atoms. The summed E-state index contributed by atoms with van der Waals surface area (Å²) in [6, 6.07) is 20.2. The van der Waals surface area contributed by atoms with Crippen molar-refractivity contribution in [2.45, 2.75) is 31.4 Å². The first-order chi connectivity index (χ1) is 15.0. The smallest absolute Gasteiger partial charge is 0.224 e. The lowest BCUT2D eigenvalue weighted by atomic mass is 9.99. The number of thioether (sulfide) groups is 1. The predicted molar refractivity (Wildman–Crippen MR) is 128 cm³/mol. The second-order valence-electron chi connectivity index (χ2n) is 7.93. The summed E-state index contributed by atoms with van der Waals surface area (Å²) < 4.78 is 27.1. The molecule has 2 aromatic carbocycles. The van der Waals surface area contributed by atoms with E-state index >= 15 is 0 Å². The molecule has 2 aromatic rings. The van der Waals surface area contributed by atoms with Crippen LogP contribution in [-0.2, 0) is 27.0 Å². The molecule has 7 heteroatoms. The number of nitrogens with zero attached hydrogens (tertiary/aromatic N) is 1. The van der Waals surface area contributed by atoms with Gasteiger partial charge in [-0.05, 0) is 36.8 Å². The number of nitrogens with one attached hydrogen (secondary N) is 1. The number of hydrogen-bond donors (Lipinski definition) is 1. The fourth-order valence-corrected chi connectivity index (χ4v) is 6.20. The highest BCUT2D eigenvalue weighted by Crippen LogP contribution is 2.20. The molecular formula is C24H32N2O3S2. The van der Waals surface area contributed by atoms with Crippen molar-refractivity contribution in [2.24, 2.45) is 5.92 Å². The molecule has 0 aromatic heterocycles. The number of rotatable bonds is 11. The number of hydrogen-bond acceptors (Lipinski definition) is 4. The second kappa shape index (κ2) is 12.3. The average molecular weight is 461 g/mol. The van der Waals surface area contributed by atoms with E-state index in [2.05, 4.69) is 17.4 Å². The quantitative estimate of drug-likeness (QED) is 0.519. The van der Waals surface area contributed by atoms with Gasteiger partial charge < -0.3 is 5.32 Å². The Kier molecular flexibility index (Phi) is 9.43. The summed E-state index contributed by atoms with van der Waals surface area (Å²) >= 11 is 1.79. The van der Waals surface area contributed by atoms with Crippen LogP contribution in [0.3, 0.4) is 0 Å². The van der Waals surface area contributed by atoms with Crippen molar-refractivity contribution < 1.29 is 13.2 Å². The van der Waals surface area contributed by atoms with Gasteiger partial charge >= 0.3 is 0 Å². The van der Waals surface area contributed by atoms with Crippen LogP contribution in [0.15, 0.2) is 60.7 Å². The summed E-state index contributed by atoms with van der Waals surface area (Å²) in [4.78, 5) is 12.6. The predicted octanol–water partition coefficient (Wildman–Crippen LogP) is 3.71. The third-order valence-electron chi connectivity index (χ3n) is 5.52. The third-order valence-corrected chi connectivity index (χ3v) is 8.47. The van der Waals surface area contributed by atoms with Crippen molar-refractivity contribution in [1.82, 2.24) is 9.62 Å². The van der Waals surface area contributed by atoms with Crippen LogP contribution in [0.25, 0.3) is 0 Å². The van der Waals surface area contributed by atoms with Crippen molar-refractivity contribution >= 4 is 27.7 Å². The van der Waals surface area contributed by atoms with Crippen molar-refractivity contribution in [1.29, 1.82) is 0 Å². The summed E-state index contributed by atoms with van der Waals surface area (Å²) in [5, 5.41) is 2.99. The Bertz CT molecular complexity index is 905. The van der Waals surface area contributed by atoms with Crippen LogP contribution in [0.4, 0.5) is 0 Å². The Morgan fingerprint density at radius 1 is 1.03 bits per heavy atom. The summed E-state index contributed by atoms with van der Waals surface area (Å²) in [5.74, 6) is 1.62. The number of carbonyl (C=O) groups is 1. The molecule has 1 aliphatic rings. The molecule has 0 spiro atoms. The zero-order chi connectivity index (χ0) is 21.9. The molecule has 31 heavy (non-hydrogen) atoms. The first-order valence-corrected chi connectivity index (χ1v) is 13.7. The Morgan fingerprint density at radius 3 is 2.42 bits per heavy atom. The van der Waals surface area contributed by atoms with E-state index in [1.54, 1.807) is 11.8 Å². The minimum atomic E-state index is -3.33. The van der Waals surface area contributed by atoms with Gasteiger partial charge in [0.1, 0.15) is 0 Å². The van der Waals surface area contributed by atoms with Gasteiger partial charge in [-0.2, -0.15) is 11.8 Å². The zero-order valence-corrected chi connectivity index (χ0v) is 19.5. The van der Waals surface area contributed by atoms with Crippen LogP contribution < -0.4 is 5.32 Å². The zero-order valence-electron chi connectivity index (χ0n) is 17.9. The SMILES string of the molecule is O=C(NCCSCc1ccccc1)C1CCCN(S(=O)(=O)CCCc2ccccc2)C1. The lowest BCUT2D eigenvalue weighted by Crippen LogP contribution is -2.46. The highest BCUT2D eigenvalue weighted by atomic mass is 32.2. The number of benzene rings is 2. The molecular weight excluding hydrogens is 428 g/mol. The highest BCUT2D eigenvalue weighted by molar-refractivity contribution is 7.98. The third kappa shape index (κ3) is 7.98. The Hall–Kier alpha value is -1.83. The average Bonchev–Trinajstić information content (AvgIpc) is 2.80. The lowest BCUT2D eigenvalue weighted by molar-refractivity contribution is -0.125. The van der Waals surface area contributed by atoms with Crippen LogP contribution in [0.2, 0.25) is 0 Å². The van der Waals surface area contributed by atoms with E-state index in [4.69, 9.17) is 0 Å². The van der Waals surface area contributed by atoms with Crippen molar-refractivity contribution in [3.63, 3.8) is 0 Å². The van der Waals surface area contributed by atoms with Crippen LogP contribution in [0.5, 0.6) is 0 Å². The standard InChI is InChI=1S/C24H32N2O3S2/c27-24(25-15-17-30-20-22-11-5-2-6-12-22)23-14-7-16-26(19-23)31(28,29)18-8-13-21-9-3-1-4-10-21/h1-6,9-12,23H,7-8,13-20H2,(H,25,27). The molecule has 0 radical (unpaired) electrons. The maximum atomic E-state index is 12.8. The number of piperidine rings is 1. The van der Waals surface area contributed by atoms with Crippen LogP contribution in [0.1, 0.15) is 30.4 Å². The van der Waals surface area contributed by atoms with Gasteiger partial charge in [0.15, 0.2) is 0 Å². The summed E-state index contributed by atoms with van der Waals surface area (Å²) in [6.07, 6.45) is 2.83. The topological polar surface area (TPSA) is 66.5 Å². The maximum Gasteiger partial charge on any atom is 0.224 e. The summed E-state index contributed by atoms with van der Waals surface area (Å²) in [6.45, 7) is 1.43. The fourth-order valence-electron chi connectivity index (χ4n) is 3.80. The molecule has 5 nitrogen and oxygen atoms in total. The minimum absolute atomic E-state index is 0.0236. The summed E-state index contributed by atoms with van der Waals surface area (Å²) in [5.41, 5.74) is 2.43. The van der Waals surface area contributed by atoms with Gasteiger partial charge in [-0.1, -0.05) is 60.7 Å². The minimum Gasteiger partial charge on any atom is -0.355 e. The number of carbonyl (C=O) groups excluding carboxylic acids is 1. The van der Waals surface area contributed by atoms with Gasteiger partial charge in [0.2, 0.25) is 15.9 Å². The van der Waals surface area contributed by atoms with Crippen LogP contribution in [0, 0.1) is 5.92 Å². The second-order valence-corrected chi connectivity index (χ2v) is 11.1. The van der Waals surface area contributed by atoms with E-state index in [0.29, 0.717) is 26.1 Å². The molecule has 3 rings (SSSR count). The summed E-state index contributed by atoms with van der Waals surface area (Å²) in [7, 11) is -3.33. The Morgan fingerprint density at radius 2 is 1.71 bits per heavy atom. The van der Waals surface area contributed by atoms with Crippen molar-refractivity contribution in [2.75, 3.05) is 31.1 Å². The van der Waals surface area contributed by atoms with Gasteiger partial charge in [-0.25, -0.2) is 12.7 Å². The number of sulfonamides is 1. The monoisotopic (exact) mass is 460 g/mol. The Balaban J connectivity index is 1.37. The van der Waals surface area contributed by atoms with E-state index < -0.39 is 10.0 Å². The molecule has 1 amide bonds. The van der Waals surface area contributed by atoms with E-state index in [-0.39, 0.29) is 17.6 Å². The molecule has 1 fully saturated rings. The number of aryl methyl sites for hydroxylation is 1. The molecule has 0 saturated carbocycles. The van der Waals surface area contributed by atoms with Crippen LogP contribution >= 0.6 is 11.8 Å².